The van der Waals surface area contributed by atoms with Crippen molar-refractivity contribution in [3.05, 3.63) is 52.5 Å². The SMILES string of the molecule is CCCCc1ccc2nc(NC(=O)c3ccc(OC)c(Cl)c3)sc2c1. The summed E-state index contributed by atoms with van der Waals surface area (Å²) in [4.78, 5) is 16.9. The van der Waals surface area contributed by atoms with E-state index in [0.717, 1.165) is 16.6 Å². The van der Waals surface area contributed by atoms with E-state index in [9.17, 15) is 4.79 Å². The van der Waals surface area contributed by atoms with Crippen molar-refractivity contribution in [3.8, 4) is 5.75 Å². The van der Waals surface area contributed by atoms with Gasteiger partial charge in [-0.15, -0.1) is 0 Å². The maximum Gasteiger partial charge on any atom is 0.257 e. The predicted molar refractivity (Wildman–Crippen MR) is 104 cm³/mol. The Balaban J connectivity index is 1.77. The number of thiazole rings is 1. The maximum absolute atomic E-state index is 12.4. The predicted octanol–water partition coefficient (Wildman–Crippen LogP) is 5.55. The molecule has 3 aromatic rings. The number of benzene rings is 2. The molecule has 0 aliphatic rings. The molecule has 0 unspecified atom stereocenters. The molecule has 0 aliphatic heterocycles. The van der Waals surface area contributed by atoms with Gasteiger partial charge in [0, 0.05) is 5.56 Å². The van der Waals surface area contributed by atoms with Crippen LogP contribution in [0.15, 0.2) is 36.4 Å². The quantitative estimate of drug-likeness (QED) is 0.615. The molecule has 0 saturated heterocycles. The molecule has 0 radical (unpaired) electrons. The van der Waals surface area contributed by atoms with Crippen LogP contribution < -0.4 is 10.1 Å². The number of hydrogen-bond acceptors (Lipinski definition) is 4. The highest BCUT2D eigenvalue weighted by Crippen LogP contribution is 2.29. The minimum atomic E-state index is -0.241. The molecule has 1 N–H and O–H groups in total. The average Bonchev–Trinajstić information content (AvgIpc) is 3.01. The van der Waals surface area contributed by atoms with Crippen LogP contribution in [0, 0.1) is 0 Å². The number of amides is 1. The number of anilines is 1. The second-order valence-electron chi connectivity index (χ2n) is 5.73. The van der Waals surface area contributed by atoms with Gasteiger partial charge in [-0.1, -0.05) is 42.3 Å². The van der Waals surface area contributed by atoms with Crippen molar-refractivity contribution >= 4 is 44.2 Å². The molecule has 25 heavy (non-hydrogen) atoms. The third-order valence-corrected chi connectivity index (χ3v) is 5.14. The fourth-order valence-electron chi connectivity index (χ4n) is 2.54. The number of aromatic nitrogens is 1. The van der Waals surface area contributed by atoms with E-state index in [4.69, 9.17) is 16.3 Å². The lowest BCUT2D eigenvalue weighted by Gasteiger charge is -2.05. The summed E-state index contributed by atoms with van der Waals surface area (Å²) >= 11 is 7.56. The lowest BCUT2D eigenvalue weighted by molar-refractivity contribution is 0.102. The van der Waals surface area contributed by atoms with Crippen LogP contribution >= 0.6 is 22.9 Å². The number of nitrogens with one attached hydrogen (secondary N) is 1. The van der Waals surface area contributed by atoms with Gasteiger partial charge < -0.3 is 4.74 Å². The molecule has 0 aliphatic carbocycles. The summed E-state index contributed by atoms with van der Waals surface area (Å²) in [6.45, 7) is 2.18. The first kappa shape index (κ1) is 17.7. The largest absolute Gasteiger partial charge is 0.495 e. The van der Waals surface area contributed by atoms with Crippen LogP contribution in [0.3, 0.4) is 0 Å². The van der Waals surface area contributed by atoms with Crippen LogP contribution in [0.25, 0.3) is 10.2 Å². The third kappa shape index (κ3) is 4.11. The van der Waals surface area contributed by atoms with Gasteiger partial charge in [0.25, 0.3) is 5.91 Å². The van der Waals surface area contributed by atoms with Crippen LogP contribution in [-0.2, 0) is 6.42 Å². The Bertz CT molecular complexity index is 908. The van der Waals surface area contributed by atoms with Crippen molar-refractivity contribution in [1.82, 2.24) is 4.98 Å². The second-order valence-corrected chi connectivity index (χ2v) is 7.17. The maximum atomic E-state index is 12.4. The van der Waals surface area contributed by atoms with Crippen LogP contribution in [0.4, 0.5) is 5.13 Å². The fourth-order valence-corrected chi connectivity index (χ4v) is 3.72. The number of rotatable bonds is 6. The van der Waals surface area contributed by atoms with Crippen molar-refractivity contribution in [2.24, 2.45) is 0 Å². The number of methoxy groups -OCH3 is 1. The van der Waals surface area contributed by atoms with Gasteiger partial charge in [-0.3, -0.25) is 10.1 Å². The Morgan fingerprint density at radius 2 is 2.12 bits per heavy atom. The number of carbonyl (C=O) groups is 1. The molecule has 0 fully saturated rings. The van der Waals surface area contributed by atoms with Crippen molar-refractivity contribution in [2.45, 2.75) is 26.2 Å². The first-order chi connectivity index (χ1) is 12.1. The van der Waals surface area contributed by atoms with E-state index < -0.39 is 0 Å². The summed E-state index contributed by atoms with van der Waals surface area (Å²) < 4.78 is 6.18. The molecule has 1 amide bonds. The van der Waals surface area contributed by atoms with Gasteiger partial charge in [-0.25, -0.2) is 4.98 Å². The van der Waals surface area contributed by atoms with Crippen LogP contribution in [0.2, 0.25) is 5.02 Å². The molecule has 0 bridgehead atoms. The van der Waals surface area contributed by atoms with Crippen molar-refractivity contribution < 1.29 is 9.53 Å². The Labute approximate surface area is 155 Å². The van der Waals surface area contributed by atoms with E-state index in [1.54, 1.807) is 18.2 Å². The van der Waals surface area contributed by atoms with Gasteiger partial charge in [-0.05, 0) is 48.7 Å². The normalized spacial score (nSPS) is 10.8. The fraction of sp³-hybridized carbons (Fsp3) is 0.263. The third-order valence-electron chi connectivity index (χ3n) is 3.91. The Morgan fingerprint density at radius 3 is 2.84 bits per heavy atom. The minimum Gasteiger partial charge on any atom is -0.495 e. The molecule has 2 aromatic carbocycles. The van der Waals surface area contributed by atoms with E-state index in [-0.39, 0.29) is 5.91 Å². The molecule has 1 heterocycles. The van der Waals surface area contributed by atoms with Gasteiger partial charge in [0.15, 0.2) is 5.13 Å². The van der Waals surface area contributed by atoms with Crippen LogP contribution in [0.5, 0.6) is 5.75 Å². The highest BCUT2D eigenvalue weighted by molar-refractivity contribution is 7.22. The molecule has 130 valence electrons. The van der Waals surface area contributed by atoms with Crippen LogP contribution in [-0.4, -0.2) is 18.0 Å². The van der Waals surface area contributed by atoms with E-state index in [1.807, 2.05) is 6.07 Å². The number of halogens is 1. The second kappa shape index (κ2) is 7.85. The summed E-state index contributed by atoms with van der Waals surface area (Å²) in [7, 11) is 1.54. The molecule has 6 heteroatoms. The number of carbonyl (C=O) groups excluding carboxylic acids is 1. The zero-order valence-electron chi connectivity index (χ0n) is 14.1. The molecule has 0 atom stereocenters. The highest BCUT2D eigenvalue weighted by atomic mass is 35.5. The van der Waals surface area contributed by atoms with E-state index in [2.05, 4.69) is 29.4 Å². The number of ether oxygens (including phenoxy) is 1. The monoisotopic (exact) mass is 374 g/mol. The molecule has 3 rings (SSSR count). The van der Waals surface area contributed by atoms with Crippen molar-refractivity contribution in [3.63, 3.8) is 0 Å². The standard InChI is InChI=1S/C19H19ClN2O2S/c1-3-4-5-12-6-8-15-17(10-12)25-19(21-15)22-18(23)13-7-9-16(24-2)14(20)11-13/h6-11H,3-5H2,1-2H3,(H,21,22,23). The summed E-state index contributed by atoms with van der Waals surface area (Å²) in [6.07, 6.45) is 3.41. The van der Waals surface area contributed by atoms with E-state index >= 15 is 0 Å². The van der Waals surface area contributed by atoms with Gasteiger partial charge in [0.2, 0.25) is 0 Å². The highest BCUT2D eigenvalue weighted by Gasteiger charge is 2.12. The smallest absolute Gasteiger partial charge is 0.257 e. The number of hydrogen-bond donors (Lipinski definition) is 1. The zero-order valence-corrected chi connectivity index (χ0v) is 15.7. The molecule has 1 aromatic heterocycles. The lowest BCUT2D eigenvalue weighted by Crippen LogP contribution is -2.11. The van der Waals surface area contributed by atoms with Gasteiger partial charge in [0.1, 0.15) is 5.75 Å². The van der Waals surface area contributed by atoms with Crippen molar-refractivity contribution in [2.75, 3.05) is 12.4 Å². The van der Waals surface area contributed by atoms with Gasteiger partial charge >= 0.3 is 0 Å². The summed E-state index contributed by atoms with van der Waals surface area (Å²) in [5.41, 5.74) is 2.67. The Morgan fingerprint density at radius 1 is 1.28 bits per heavy atom. The van der Waals surface area contributed by atoms with Gasteiger partial charge in [-0.2, -0.15) is 0 Å². The topological polar surface area (TPSA) is 51.2 Å². The van der Waals surface area contributed by atoms with Gasteiger partial charge in [0.05, 0.1) is 22.3 Å². The Kier molecular flexibility index (Phi) is 5.56. The molecular formula is C19H19ClN2O2S. The van der Waals surface area contributed by atoms with Crippen molar-refractivity contribution in [1.29, 1.82) is 0 Å². The Hall–Kier alpha value is -2.11. The first-order valence-corrected chi connectivity index (χ1v) is 9.34. The van der Waals surface area contributed by atoms with E-state index in [1.165, 1.54) is 36.9 Å². The average molecular weight is 375 g/mol. The first-order valence-electron chi connectivity index (χ1n) is 8.15. The van der Waals surface area contributed by atoms with E-state index in [0.29, 0.717) is 21.5 Å². The zero-order chi connectivity index (χ0) is 17.8. The summed E-state index contributed by atoms with van der Waals surface area (Å²) in [6, 6.07) is 11.2. The lowest BCUT2D eigenvalue weighted by atomic mass is 10.1. The number of unbranched alkanes of at least 4 members (excludes halogenated alkanes) is 1. The number of fused-ring (bicyclic) bond motifs is 1. The molecule has 0 saturated carbocycles. The summed E-state index contributed by atoms with van der Waals surface area (Å²) in [5, 5.41) is 3.83. The number of nitrogens with zero attached hydrogens (tertiary/aromatic N) is 1. The molecule has 0 spiro atoms. The number of aryl methyl sites for hydroxylation is 1. The molecular weight excluding hydrogens is 356 g/mol. The molecule has 4 nitrogen and oxygen atoms in total. The minimum absolute atomic E-state index is 0.241. The summed E-state index contributed by atoms with van der Waals surface area (Å²) in [5.74, 6) is 0.299. The van der Waals surface area contributed by atoms with Crippen LogP contribution in [0.1, 0.15) is 35.7 Å².